The number of amides is 1. The van der Waals surface area contributed by atoms with E-state index in [4.69, 9.17) is 27.9 Å². The van der Waals surface area contributed by atoms with E-state index in [1.54, 1.807) is 30.3 Å². The quantitative estimate of drug-likeness (QED) is 0.794. The summed E-state index contributed by atoms with van der Waals surface area (Å²) < 4.78 is 5.60. The molecule has 0 spiro atoms. The van der Waals surface area contributed by atoms with E-state index in [1.807, 2.05) is 12.1 Å². The number of ketones is 1. The highest BCUT2D eigenvalue weighted by Crippen LogP contribution is 2.37. The minimum Gasteiger partial charge on any atom is -0.486 e. The number of halogens is 2. The van der Waals surface area contributed by atoms with Gasteiger partial charge in [-0.25, -0.2) is 0 Å². The van der Waals surface area contributed by atoms with Crippen molar-refractivity contribution in [3.63, 3.8) is 0 Å². The van der Waals surface area contributed by atoms with E-state index < -0.39 is 0 Å². The first-order valence-corrected chi connectivity index (χ1v) is 7.94. The fourth-order valence-corrected chi connectivity index (χ4v) is 2.99. The molecule has 0 saturated carbocycles. The highest BCUT2D eigenvalue weighted by Gasteiger charge is 2.26. The average Bonchev–Trinajstić information content (AvgIpc) is 2.52. The van der Waals surface area contributed by atoms with Crippen LogP contribution in [0.1, 0.15) is 22.8 Å². The van der Waals surface area contributed by atoms with Gasteiger partial charge in [0.2, 0.25) is 5.91 Å². The molecule has 24 heavy (non-hydrogen) atoms. The molecule has 0 aromatic heterocycles. The summed E-state index contributed by atoms with van der Waals surface area (Å²) in [5.41, 5.74) is 2.39. The molecule has 0 atom stereocenters. The van der Waals surface area contributed by atoms with Crippen LogP contribution in [0.5, 0.6) is 5.75 Å². The third-order valence-electron chi connectivity index (χ3n) is 3.49. The van der Waals surface area contributed by atoms with Crippen molar-refractivity contribution in [3.05, 3.63) is 63.1 Å². The molecule has 1 aliphatic heterocycles. The monoisotopic (exact) mass is 361 g/mol. The van der Waals surface area contributed by atoms with Crippen LogP contribution in [0.2, 0.25) is 10.0 Å². The fourth-order valence-electron chi connectivity index (χ4n) is 2.44. The molecule has 0 saturated heterocycles. The number of anilines is 1. The molecule has 0 bridgehead atoms. The Morgan fingerprint density at radius 1 is 1.21 bits per heavy atom. The van der Waals surface area contributed by atoms with Gasteiger partial charge in [0.1, 0.15) is 12.4 Å². The van der Waals surface area contributed by atoms with Gasteiger partial charge < -0.3 is 10.1 Å². The van der Waals surface area contributed by atoms with Gasteiger partial charge in [-0.2, -0.15) is 0 Å². The first-order chi connectivity index (χ1) is 11.4. The van der Waals surface area contributed by atoms with E-state index in [0.717, 1.165) is 5.56 Å². The highest BCUT2D eigenvalue weighted by atomic mass is 35.5. The topological polar surface area (TPSA) is 55.4 Å². The van der Waals surface area contributed by atoms with E-state index in [0.29, 0.717) is 32.6 Å². The molecule has 1 amide bonds. The summed E-state index contributed by atoms with van der Waals surface area (Å²) in [5, 5.41) is 3.40. The van der Waals surface area contributed by atoms with Gasteiger partial charge in [0, 0.05) is 23.2 Å². The number of fused-ring (bicyclic) bond motifs is 1. The number of carbonyl (C=O) groups is 2. The van der Waals surface area contributed by atoms with Crippen LogP contribution < -0.4 is 10.1 Å². The molecule has 1 aliphatic rings. The van der Waals surface area contributed by atoms with Crippen molar-refractivity contribution in [1.82, 2.24) is 0 Å². The highest BCUT2D eigenvalue weighted by molar-refractivity contribution is 6.37. The third-order valence-corrected chi connectivity index (χ3v) is 3.99. The summed E-state index contributed by atoms with van der Waals surface area (Å²) in [7, 11) is 0. The molecule has 3 rings (SSSR count). The Kier molecular flexibility index (Phi) is 4.60. The zero-order chi connectivity index (χ0) is 17.3. The lowest BCUT2D eigenvalue weighted by Gasteiger charge is -2.20. The second-order valence-electron chi connectivity index (χ2n) is 5.35. The van der Waals surface area contributed by atoms with Crippen LogP contribution in [-0.4, -0.2) is 18.3 Å². The van der Waals surface area contributed by atoms with Crippen LogP contribution in [-0.2, 0) is 4.79 Å². The lowest BCUT2D eigenvalue weighted by molar-refractivity contribution is -0.114. The number of rotatable bonds is 2. The lowest BCUT2D eigenvalue weighted by atomic mass is 9.98. The van der Waals surface area contributed by atoms with Crippen molar-refractivity contribution < 1.29 is 14.3 Å². The Morgan fingerprint density at radius 3 is 2.58 bits per heavy atom. The van der Waals surface area contributed by atoms with Gasteiger partial charge in [-0.15, -0.1) is 0 Å². The number of hydrogen-bond donors (Lipinski definition) is 1. The summed E-state index contributed by atoms with van der Waals surface area (Å²) >= 11 is 12.0. The number of benzene rings is 2. The summed E-state index contributed by atoms with van der Waals surface area (Å²) in [6.45, 7) is 1.59. The zero-order valence-electron chi connectivity index (χ0n) is 12.7. The Labute approximate surface area is 149 Å². The van der Waals surface area contributed by atoms with Gasteiger partial charge in [-0.05, 0) is 35.9 Å². The molecular formula is C18H13Cl2NO3. The number of nitrogens with one attached hydrogen (secondary N) is 1. The standard InChI is InChI=1S/C18H13Cl2NO3/c1-10(22)21-14-4-2-11(3-5-14)6-12-9-24-18-15(17(12)23)7-13(19)8-16(18)20/h2-8H,9H2,1H3,(H,21,22)/b12-6-. The first-order valence-electron chi connectivity index (χ1n) is 7.19. The molecule has 0 aliphatic carbocycles. The number of hydrogen-bond acceptors (Lipinski definition) is 3. The maximum Gasteiger partial charge on any atom is 0.221 e. The Hall–Kier alpha value is -2.30. The molecular weight excluding hydrogens is 349 g/mol. The molecule has 1 heterocycles. The summed E-state index contributed by atoms with van der Waals surface area (Å²) in [6, 6.07) is 10.3. The summed E-state index contributed by atoms with van der Waals surface area (Å²) in [6.07, 6.45) is 1.75. The molecule has 6 heteroatoms. The maximum atomic E-state index is 12.6. The van der Waals surface area contributed by atoms with Crippen LogP contribution in [0.3, 0.4) is 0 Å². The molecule has 2 aromatic rings. The van der Waals surface area contributed by atoms with Crippen molar-refractivity contribution in [2.75, 3.05) is 11.9 Å². The van der Waals surface area contributed by atoms with E-state index in [2.05, 4.69) is 5.32 Å². The molecule has 1 N–H and O–H groups in total. The fraction of sp³-hybridized carbons (Fsp3) is 0.111. The van der Waals surface area contributed by atoms with Crippen molar-refractivity contribution in [2.24, 2.45) is 0 Å². The van der Waals surface area contributed by atoms with Crippen molar-refractivity contribution in [1.29, 1.82) is 0 Å². The van der Waals surface area contributed by atoms with Crippen molar-refractivity contribution in [2.45, 2.75) is 6.92 Å². The van der Waals surface area contributed by atoms with E-state index in [-0.39, 0.29) is 18.3 Å². The predicted molar refractivity (Wildman–Crippen MR) is 95.0 cm³/mol. The van der Waals surface area contributed by atoms with E-state index in [1.165, 1.54) is 6.92 Å². The smallest absolute Gasteiger partial charge is 0.221 e. The minimum absolute atomic E-state index is 0.137. The van der Waals surface area contributed by atoms with Gasteiger partial charge >= 0.3 is 0 Å². The lowest BCUT2D eigenvalue weighted by Crippen LogP contribution is -2.19. The Morgan fingerprint density at radius 2 is 1.92 bits per heavy atom. The van der Waals surface area contributed by atoms with Crippen LogP contribution in [0, 0.1) is 0 Å². The van der Waals surface area contributed by atoms with E-state index >= 15 is 0 Å². The molecule has 122 valence electrons. The van der Waals surface area contributed by atoms with Crippen LogP contribution in [0.25, 0.3) is 6.08 Å². The molecule has 2 aromatic carbocycles. The number of ether oxygens (including phenoxy) is 1. The largest absolute Gasteiger partial charge is 0.486 e. The van der Waals surface area contributed by atoms with Crippen LogP contribution >= 0.6 is 23.2 Å². The summed E-state index contributed by atoms with van der Waals surface area (Å²) in [4.78, 5) is 23.6. The second-order valence-corrected chi connectivity index (χ2v) is 6.20. The molecule has 4 nitrogen and oxygen atoms in total. The normalized spacial score (nSPS) is 15.0. The maximum absolute atomic E-state index is 12.6. The Bertz CT molecular complexity index is 857. The molecule has 0 radical (unpaired) electrons. The van der Waals surface area contributed by atoms with Gasteiger partial charge in [0.05, 0.1) is 10.6 Å². The van der Waals surface area contributed by atoms with Crippen LogP contribution in [0.4, 0.5) is 5.69 Å². The minimum atomic E-state index is -0.161. The second kappa shape index (κ2) is 6.67. The van der Waals surface area contributed by atoms with Gasteiger partial charge in [-0.1, -0.05) is 35.3 Å². The van der Waals surface area contributed by atoms with Crippen molar-refractivity contribution in [3.8, 4) is 5.75 Å². The SMILES string of the molecule is CC(=O)Nc1ccc(/C=C2/COc3c(Cl)cc(Cl)cc3C2=O)cc1. The predicted octanol–water partition coefficient (Wildman–Crippen LogP) is 4.61. The number of carbonyl (C=O) groups excluding carboxylic acids is 2. The van der Waals surface area contributed by atoms with E-state index in [9.17, 15) is 9.59 Å². The number of Topliss-reactive ketones (excluding diaryl/α,β-unsaturated/α-hetero) is 1. The zero-order valence-corrected chi connectivity index (χ0v) is 14.2. The molecule has 0 fully saturated rings. The van der Waals surface area contributed by atoms with Gasteiger partial charge in [0.15, 0.2) is 5.78 Å². The van der Waals surface area contributed by atoms with Crippen molar-refractivity contribution >= 4 is 46.7 Å². The Balaban J connectivity index is 1.89. The van der Waals surface area contributed by atoms with Gasteiger partial charge in [0.25, 0.3) is 0 Å². The summed E-state index contributed by atoms with van der Waals surface area (Å²) in [5.74, 6) is 0.0677. The molecule has 0 unspecified atom stereocenters. The van der Waals surface area contributed by atoms with Crippen LogP contribution in [0.15, 0.2) is 42.0 Å². The average molecular weight is 362 g/mol. The first kappa shape index (κ1) is 16.6. The third kappa shape index (κ3) is 3.45. The van der Waals surface area contributed by atoms with Gasteiger partial charge in [-0.3, -0.25) is 9.59 Å².